The summed E-state index contributed by atoms with van der Waals surface area (Å²) >= 11 is 5.66. The number of anilines is 1. The van der Waals surface area contributed by atoms with Gasteiger partial charge in [0.25, 0.3) is 0 Å². The molecule has 122 valence electrons. The zero-order chi connectivity index (χ0) is 17.2. The number of urea groups is 1. The van der Waals surface area contributed by atoms with Gasteiger partial charge < -0.3 is 15.8 Å². The van der Waals surface area contributed by atoms with Crippen LogP contribution in [0.15, 0.2) is 30.5 Å². The highest BCUT2D eigenvalue weighted by Crippen LogP contribution is 2.35. The van der Waals surface area contributed by atoms with Gasteiger partial charge in [0, 0.05) is 18.0 Å². The number of nitrogens with two attached hydrogens (primary N) is 1. The van der Waals surface area contributed by atoms with Gasteiger partial charge in [-0.15, -0.1) is 0 Å². The molecule has 0 aliphatic heterocycles. The predicted molar refractivity (Wildman–Crippen MR) is 73.9 cm³/mol. The van der Waals surface area contributed by atoms with Gasteiger partial charge in [0.05, 0.1) is 5.56 Å². The molecule has 5 nitrogen and oxygen atoms in total. The quantitative estimate of drug-likeness (QED) is 0.816. The molecule has 2 aromatic rings. The van der Waals surface area contributed by atoms with Gasteiger partial charge in [0.15, 0.2) is 11.6 Å². The maximum atomic E-state index is 13.7. The maximum absolute atomic E-state index is 13.7. The van der Waals surface area contributed by atoms with E-state index in [1.54, 1.807) is 0 Å². The summed E-state index contributed by atoms with van der Waals surface area (Å²) in [7, 11) is 0. The van der Waals surface area contributed by atoms with Crippen LogP contribution in [-0.2, 0) is 6.18 Å². The van der Waals surface area contributed by atoms with E-state index in [1.807, 2.05) is 0 Å². The Morgan fingerprint density at radius 2 is 2.00 bits per heavy atom. The Balaban J connectivity index is 2.30. The average molecular weight is 350 g/mol. The van der Waals surface area contributed by atoms with Crippen molar-refractivity contribution in [2.45, 2.75) is 6.18 Å². The monoisotopic (exact) mass is 349 g/mol. The second kappa shape index (κ2) is 6.29. The predicted octanol–water partition coefficient (Wildman–Crippen LogP) is 4.18. The van der Waals surface area contributed by atoms with E-state index in [2.05, 4.69) is 10.3 Å². The van der Waals surface area contributed by atoms with Gasteiger partial charge in [-0.2, -0.15) is 13.2 Å². The Morgan fingerprint density at radius 3 is 2.57 bits per heavy atom. The summed E-state index contributed by atoms with van der Waals surface area (Å²) < 4.78 is 56.3. The lowest BCUT2D eigenvalue weighted by Crippen LogP contribution is -2.19. The highest BCUT2D eigenvalue weighted by atomic mass is 35.5. The fraction of sp³-hybridized carbons (Fsp3) is 0.0769. The van der Waals surface area contributed by atoms with Crippen molar-refractivity contribution in [3.8, 4) is 11.6 Å². The number of carbonyl (C=O) groups excluding carboxylic acids is 1. The van der Waals surface area contributed by atoms with Gasteiger partial charge in [-0.3, -0.25) is 0 Å². The molecule has 23 heavy (non-hydrogen) atoms. The van der Waals surface area contributed by atoms with Crippen LogP contribution in [0.25, 0.3) is 0 Å². The first kappa shape index (κ1) is 16.8. The molecule has 0 atom stereocenters. The number of hydrogen-bond donors (Lipinski definition) is 2. The third kappa shape index (κ3) is 4.22. The lowest BCUT2D eigenvalue weighted by molar-refractivity contribution is -0.137. The Morgan fingerprint density at radius 1 is 1.30 bits per heavy atom. The molecule has 0 bridgehead atoms. The molecule has 0 saturated heterocycles. The van der Waals surface area contributed by atoms with Crippen molar-refractivity contribution in [1.82, 2.24) is 4.98 Å². The van der Waals surface area contributed by atoms with Crippen molar-refractivity contribution < 1.29 is 27.1 Å². The smallest absolute Gasteiger partial charge is 0.417 e. The molecule has 0 fully saturated rings. The number of amides is 2. The minimum Gasteiger partial charge on any atom is -0.434 e. The normalized spacial score (nSPS) is 11.2. The first-order valence-corrected chi connectivity index (χ1v) is 6.31. The summed E-state index contributed by atoms with van der Waals surface area (Å²) in [4.78, 5) is 14.2. The number of aromatic nitrogens is 1. The van der Waals surface area contributed by atoms with Gasteiger partial charge in [-0.1, -0.05) is 11.6 Å². The van der Waals surface area contributed by atoms with E-state index >= 15 is 0 Å². The number of alkyl halides is 3. The summed E-state index contributed by atoms with van der Waals surface area (Å²) in [5.41, 5.74) is 3.97. The first-order chi connectivity index (χ1) is 10.7. The van der Waals surface area contributed by atoms with Crippen LogP contribution in [0.5, 0.6) is 11.6 Å². The molecule has 1 heterocycles. The van der Waals surface area contributed by atoms with Gasteiger partial charge >= 0.3 is 12.2 Å². The molecule has 1 aromatic heterocycles. The number of ether oxygens (including phenoxy) is 1. The van der Waals surface area contributed by atoms with Gasteiger partial charge in [0.1, 0.15) is 5.02 Å². The second-order valence-electron chi connectivity index (χ2n) is 4.25. The molecular weight excluding hydrogens is 342 g/mol. The number of benzene rings is 1. The fourth-order valence-corrected chi connectivity index (χ4v) is 1.77. The van der Waals surface area contributed by atoms with E-state index in [-0.39, 0.29) is 5.69 Å². The van der Waals surface area contributed by atoms with Crippen LogP contribution >= 0.6 is 11.6 Å². The molecular formula is C13H8ClF4N3O2. The molecule has 3 N–H and O–H groups in total. The Labute approximate surface area is 132 Å². The molecule has 0 aliphatic rings. The number of primary amides is 1. The van der Waals surface area contributed by atoms with Crippen molar-refractivity contribution in [1.29, 1.82) is 0 Å². The fourth-order valence-electron chi connectivity index (χ4n) is 1.56. The number of nitrogens with one attached hydrogen (secondary N) is 1. The third-order valence-corrected chi connectivity index (χ3v) is 2.81. The van der Waals surface area contributed by atoms with Crippen LogP contribution in [0.2, 0.25) is 5.02 Å². The molecule has 1 aromatic carbocycles. The van der Waals surface area contributed by atoms with Crippen LogP contribution < -0.4 is 15.8 Å². The van der Waals surface area contributed by atoms with Crippen molar-refractivity contribution in [3.05, 3.63) is 46.9 Å². The average Bonchev–Trinajstić information content (AvgIpc) is 2.43. The summed E-state index contributed by atoms with van der Waals surface area (Å²) in [5, 5.41) is 1.74. The van der Waals surface area contributed by atoms with Crippen LogP contribution in [0.4, 0.5) is 28.0 Å². The molecule has 0 unspecified atom stereocenters. The number of hydrogen-bond acceptors (Lipinski definition) is 3. The minimum atomic E-state index is -4.62. The van der Waals surface area contributed by atoms with Crippen molar-refractivity contribution in [2.75, 3.05) is 5.32 Å². The molecule has 0 aliphatic carbocycles. The SMILES string of the molecule is NC(=O)Nc1ccc(F)c(Oc2ncc(C(F)(F)F)cc2Cl)c1. The Kier molecular flexibility index (Phi) is 4.60. The van der Waals surface area contributed by atoms with Crippen molar-refractivity contribution >= 4 is 23.3 Å². The van der Waals surface area contributed by atoms with E-state index in [1.165, 1.54) is 6.07 Å². The van der Waals surface area contributed by atoms with Gasteiger partial charge in [0.2, 0.25) is 5.88 Å². The van der Waals surface area contributed by atoms with Crippen LogP contribution in [0.3, 0.4) is 0 Å². The molecule has 10 heteroatoms. The molecule has 2 rings (SSSR count). The summed E-state index contributed by atoms with van der Waals surface area (Å²) in [5.74, 6) is -1.65. The summed E-state index contributed by atoms with van der Waals surface area (Å²) in [6.45, 7) is 0. The number of carbonyl (C=O) groups is 1. The van der Waals surface area contributed by atoms with E-state index in [0.717, 1.165) is 12.1 Å². The number of rotatable bonds is 3. The molecule has 0 spiro atoms. The van der Waals surface area contributed by atoms with E-state index in [4.69, 9.17) is 22.1 Å². The molecule has 0 saturated carbocycles. The highest BCUT2D eigenvalue weighted by molar-refractivity contribution is 6.31. The second-order valence-corrected chi connectivity index (χ2v) is 4.65. The van der Waals surface area contributed by atoms with E-state index in [9.17, 15) is 22.4 Å². The standard InChI is InChI=1S/C13H8ClF4N3O2/c14-8-3-6(13(16,17)18)5-20-11(8)23-10-4-7(21-12(19)22)1-2-9(10)15/h1-5H,(H3,19,21,22). The third-order valence-electron chi connectivity index (χ3n) is 2.54. The Bertz CT molecular complexity index is 752. The Hall–Kier alpha value is -2.55. The van der Waals surface area contributed by atoms with E-state index < -0.39 is 40.2 Å². The largest absolute Gasteiger partial charge is 0.434 e. The van der Waals surface area contributed by atoms with Crippen molar-refractivity contribution in [3.63, 3.8) is 0 Å². The summed E-state index contributed by atoms with van der Waals surface area (Å²) in [6.07, 6.45) is -4.11. The van der Waals surface area contributed by atoms with Gasteiger partial charge in [-0.25, -0.2) is 14.2 Å². The van der Waals surface area contributed by atoms with Crippen LogP contribution in [-0.4, -0.2) is 11.0 Å². The number of halogens is 5. The highest BCUT2D eigenvalue weighted by Gasteiger charge is 2.31. The lowest BCUT2D eigenvalue weighted by Gasteiger charge is -2.11. The topological polar surface area (TPSA) is 77.2 Å². The van der Waals surface area contributed by atoms with Crippen LogP contribution in [0, 0.1) is 5.82 Å². The number of pyridine rings is 1. The molecule has 0 radical (unpaired) electrons. The maximum Gasteiger partial charge on any atom is 0.417 e. The van der Waals surface area contributed by atoms with Crippen molar-refractivity contribution in [2.24, 2.45) is 5.73 Å². The summed E-state index contributed by atoms with van der Waals surface area (Å²) in [6, 6.07) is 2.99. The van der Waals surface area contributed by atoms with Crippen LogP contribution in [0.1, 0.15) is 5.56 Å². The van der Waals surface area contributed by atoms with Gasteiger partial charge in [-0.05, 0) is 18.2 Å². The molecule has 2 amide bonds. The minimum absolute atomic E-state index is 0.122. The first-order valence-electron chi connectivity index (χ1n) is 5.93. The zero-order valence-electron chi connectivity index (χ0n) is 11.1. The zero-order valence-corrected chi connectivity index (χ0v) is 11.9. The number of nitrogens with zero attached hydrogens (tertiary/aromatic N) is 1. The lowest BCUT2D eigenvalue weighted by atomic mass is 10.2. The van der Waals surface area contributed by atoms with E-state index in [0.29, 0.717) is 12.3 Å².